The molecule has 1 aromatic carbocycles. The van der Waals surface area contributed by atoms with Crippen molar-refractivity contribution in [3.63, 3.8) is 0 Å². The van der Waals surface area contributed by atoms with E-state index >= 15 is 0 Å². The number of β-lactam (4-membered cyclic amide) rings is 1. The van der Waals surface area contributed by atoms with Crippen LogP contribution >= 0.6 is 0 Å². The topological polar surface area (TPSA) is 126 Å². The van der Waals surface area contributed by atoms with E-state index in [1.165, 1.54) is 32.1 Å². The maximum absolute atomic E-state index is 14.1. The molecule has 4 atom stereocenters. The molecule has 3 saturated carbocycles. The Hall–Kier alpha value is -3.14. The monoisotopic (exact) mass is 619 g/mol. The third-order valence-electron chi connectivity index (χ3n) is 12.1. The van der Waals surface area contributed by atoms with Crippen molar-refractivity contribution in [3.8, 4) is 0 Å². The number of likely N-dealkylation sites (tertiary alicyclic amines) is 1. The van der Waals surface area contributed by atoms with Gasteiger partial charge in [0.25, 0.3) is 0 Å². The number of fused-ring (bicyclic) bond motifs is 1. The molecular formula is C35H49N5O5. The van der Waals surface area contributed by atoms with Crippen molar-refractivity contribution in [2.45, 2.75) is 114 Å². The maximum Gasteiger partial charge on any atom is 0.407 e. The van der Waals surface area contributed by atoms with Crippen molar-refractivity contribution in [1.29, 1.82) is 0 Å². The minimum atomic E-state index is -0.889. The first-order valence-electron chi connectivity index (χ1n) is 17.4. The third-order valence-corrected chi connectivity index (χ3v) is 12.1. The molecule has 2 aliphatic heterocycles. The lowest BCUT2D eigenvalue weighted by molar-refractivity contribution is -0.176. The molecule has 2 unspecified atom stereocenters. The maximum atomic E-state index is 14.1. The molecule has 5 fully saturated rings. The van der Waals surface area contributed by atoms with Gasteiger partial charge in [-0.3, -0.25) is 9.59 Å². The summed E-state index contributed by atoms with van der Waals surface area (Å²) in [6, 6.07) is 5.22. The van der Waals surface area contributed by atoms with Crippen LogP contribution in [0.25, 0.3) is 11.0 Å². The average molecular weight is 620 g/mol. The van der Waals surface area contributed by atoms with Crippen molar-refractivity contribution in [3.05, 3.63) is 29.6 Å². The second-order valence-corrected chi connectivity index (χ2v) is 14.6. The molecule has 45 heavy (non-hydrogen) atoms. The molecular weight excluding hydrogens is 570 g/mol. The number of carbonyl (C=O) groups is 3. The van der Waals surface area contributed by atoms with E-state index in [0.717, 1.165) is 54.5 Å². The first kappa shape index (κ1) is 30.5. The van der Waals surface area contributed by atoms with E-state index in [-0.39, 0.29) is 41.3 Å². The Balaban J connectivity index is 1.20. The molecule has 3 N–H and O–H groups in total. The molecule has 3 heterocycles. The van der Waals surface area contributed by atoms with Gasteiger partial charge in [-0.1, -0.05) is 45.1 Å². The highest BCUT2D eigenvalue weighted by molar-refractivity contribution is 5.98. The average Bonchev–Trinajstić information content (AvgIpc) is 3.39. The molecule has 3 aliphatic carbocycles. The highest BCUT2D eigenvalue weighted by Gasteiger charge is 2.63. The SMILES string of the molecule is CCOC(=O)N[C@H](c1nc2cc(C3(C(=O)N[C@H]4C(=O)N(CC)C45CCC5)CCOC3)ccc2[nH]1)C(C1CCCCC1)C1(C)CC1. The Morgan fingerprint density at radius 2 is 1.89 bits per heavy atom. The third kappa shape index (κ3) is 5.02. The van der Waals surface area contributed by atoms with Gasteiger partial charge in [0.1, 0.15) is 11.9 Å². The molecule has 10 heteroatoms. The number of likely N-dealkylation sites (N-methyl/N-ethyl adjacent to an activating group) is 1. The van der Waals surface area contributed by atoms with Gasteiger partial charge in [0, 0.05) is 13.2 Å². The number of aromatic nitrogens is 2. The molecule has 0 radical (unpaired) electrons. The van der Waals surface area contributed by atoms with Gasteiger partial charge < -0.3 is 30.0 Å². The number of imidazole rings is 1. The van der Waals surface area contributed by atoms with Crippen molar-refractivity contribution in [2.24, 2.45) is 17.3 Å². The van der Waals surface area contributed by atoms with Crippen molar-refractivity contribution in [2.75, 3.05) is 26.4 Å². The molecule has 1 aromatic heterocycles. The zero-order valence-corrected chi connectivity index (χ0v) is 27.1. The second-order valence-electron chi connectivity index (χ2n) is 14.6. The Labute approximate surface area is 265 Å². The second kappa shape index (κ2) is 11.6. The molecule has 7 rings (SSSR count). The van der Waals surface area contributed by atoms with Crippen molar-refractivity contribution >= 4 is 28.9 Å². The number of ether oxygens (including phenoxy) is 2. The Morgan fingerprint density at radius 3 is 2.51 bits per heavy atom. The molecule has 2 aromatic rings. The lowest BCUT2D eigenvalue weighted by Crippen LogP contribution is -2.81. The van der Waals surface area contributed by atoms with Crippen LogP contribution in [0.15, 0.2) is 18.2 Å². The highest BCUT2D eigenvalue weighted by Crippen LogP contribution is 2.59. The zero-order chi connectivity index (χ0) is 31.4. The fourth-order valence-corrected chi connectivity index (χ4v) is 9.20. The van der Waals surface area contributed by atoms with Crippen LogP contribution < -0.4 is 10.6 Å². The summed E-state index contributed by atoms with van der Waals surface area (Å²) in [4.78, 5) is 50.6. The van der Waals surface area contributed by atoms with Crippen LogP contribution in [0.2, 0.25) is 0 Å². The van der Waals surface area contributed by atoms with E-state index in [0.29, 0.717) is 32.1 Å². The first-order valence-corrected chi connectivity index (χ1v) is 17.4. The van der Waals surface area contributed by atoms with E-state index in [1.54, 1.807) is 0 Å². The minimum Gasteiger partial charge on any atom is -0.450 e. The van der Waals surface area contributed by atoms with Crippen LogP contribution in [0, 0.1) is 17.3 Å². The molecule has 2 saturated heterocycles. The smallest absolute Gasteiger partial charge is 0.407 e. The lowest BCUT2D eigenvalue weighted by atomic mass is 9.63. The fraction of sp³-hybridized carbons (Fsp3) is 0.714. The normalized spacial score (nSPS) is 28.3. The summed E-state index contributed by atoms with van der Waals surface area (Å²) in [7, 11) is 0. The summed E-state index contributed by atoms with van der Waals surface area (Å²) in [6.07, 6.45) is 11.4. The number of hydrogen-bond acceptors (Lipinski definition) is 6. The summed E-state index contributed by atoms with van der Waals surface area (Å²) in [5.41, 5.74) is 1.51. The van der Waals surface area contributed by atoms with Crippen molar-refractivity contribution in [1.82, 2.24) is 25.5 Å². The van der Waals surface area contributed by atoms with Crippen LogP contribution in [0.5, 0.6) is 0 Å². The number of alkyl carbamates (subject to hydrolysis) is 1. The summed E-state index contributed by atoms with van der Waals surface area (Å²) < 4.78 is 11.2. The molecule has 10 nitrogen and oxygen atoms in total. The van der Waals surface area contributed by atoms with E-state index < -0.39 is 17.6 Å². The van der Waals surface area contributed by atoms with Crippen LogP contribution in [0.3, 0.4) is 0 Å². The van der Waals surface area contributed by atoms with Gasteiger partial charge in [0.15, 0.2) is 0 Å². The van der Waals surface area contributed by atoms with Crippen LogP contribution in [-0.4, -0.2) is 70.7 Å². The number of carbonyl (C=O) groups excluding carboxylic acids is 3. The standard InChI is InChI=1S/C35H49N5O5/c1-4-40-30(41)28(35(40)14-9-15-35)39-31(42)34(18-19-44-21-34)23-12-13-24-25(20-23)37-29(36-24)27(38-32(43)45-5-2)26(33(3)16-17-33)22-10-7-6-8-11-22/h12-13,20,22,26-28H,4-11,14-19,21H2,1-3H3,(H,36,37)(H,38,43)(H,39,42)/t26?,27-,28-,34?/m0/s1. The molecule has 3 amide bonds. The van der Waals surface area contributed by atoms with Crippen LogP contribution in [0.1, 0.15) is 109 Å². The Kier molecular flexibility index (Phi) is 7.85. The largest absolute Gasteiger partial charge is 0.450 e. The molecule has 1 spiro atoms. The van der Waals surface area contributed by atoms with E-state index in [1.807, 2.05) is 36.9 Å². The van der Waals surface area contributed by atoms with Gasteiger partial charge in [-0.15, -0.1) is 0 Å². The molecule has 244 valence electrons. The quantitative estimate of drug-likeness (QED) is 0.311. The summed E-state index contributed by atoms with van der Waals surface area (Å²) in [6.45, 7) is 7.91. The summed E-state index contributed by atoms with van der Waals surface area (Å²) >= 11 is 0. The van der Waals surface area contributed by atoms with Gasteiger partial charge in [0.05, 0.1) is 41.2 Å². The number of aromatic amines is 1. The van der Waals surface area contributed by atoms with Gasteiger partial charge in [0.2, 0.25) is 11.8 Å². The predicted molar refractivity (Wildman–Crippen MR) is 169 cm³/mol. The van der Waals surface area contributed by atoms with Gasteiger partial charge in [-0.05, 0) is 87.3 Å². The fourth-order valence-electron chi connectivity index (χ4n) is 9.20. The van der Waals surface area contributed by atoms with Crippen LogP contribution in [0.4, 0.5) is 4.79 Å². The van der Waals surface area contributed by atoms with E-state index in [2.05, 4.69) is 22.5 Å². The molecule has 0 bridgehead atoms. The van der Waals surface area contributed by atoms with Crippen LogP contribution in [-0.2, 0) is 24.5 Å². The first-order chi connectivity index (χ1) is 21.7. The number of rotatable bonds is 10. The summed E-state index contributed by atoms with van der Waals surface area (Å²) in [5.74, 6) is 1.39. The number of amides is 3. The highest BCUT2D eigenvalue weighted by atomic mass is 16.5. The minimum absolute atomic E-state index is 0.0176. The predicted octanol–water partition coefficient (Wildman–Crippen LogP) is 5.27. The Morgan fingerprint density at radius 1 is 1.11 bits per heavy atom. The van der Waals surface area contributed by atoms with Gasteiger partial charge in [-0.2, -0.15) is 0 Å². The number of nitrogens with one attached hydrogen (secondary N) is 3. The van der Waals surface area contributed by atoms with E-state index in [9.17, 15) is 14.4 Å². The zero-order valence-electron chi connectivity index (χ0n) is 27.1. The van der Waals surface area contributed by atoms with Crippen molar-refractivity contribution < 1.29 is 23.9 Å². The number of H-pyrrole nitrogens is 1. The lowest BCUT2D eigenvalue weighted by Gasteiger charge is -2.62. The molecule has 5 aliphatic rings. The summed E-state index contributed by atoms with van der Waals surface area (Å²) in [5, 5.41) is 6.41. The van der Waals surface area contributed by atoms with Gasteiger partial charge in [-0.25, -0.2) is 9.78 Å². The number of hydrogen-bond donors (Lipinski definition) is 3. The Bertz CT molecular complexity index is 1450. The number of benzene rings is 1. The van der Waals surface area contributed by atoms with Gasteiger partial charge >= 0.3 is 6.09 Å². The number of nitrogens with zero attached hydrogens (tertiary/aromatic N) is 2. The van der Waals surface area contributed by atoms with E-state index in [4.69, 9.17) is 14.5 Å².